The van der Waals surface area contributed by atoms with Crippen molar-refractivity contribution in [3.63, 3.8) is 0 Å². The lowest BCUT2D eigenvalue weighted by molar-refractivity contribution is -0.274. The van der Waals surface area contributed by atoms with Crippen molar-refractivity contribution in [3.05, 3.63) is 71.5 Å². The number of carbonyl (C=O) groups is 1. The Kier molecular flexibility index (Phi) is 6.72. The van der Waals surface area contributed by atoms with Crippen molar-refractivity contribution in [1.29, 1.82) is 0 Å². The zero-order chi connectivity index (χ0) is 24.3. The number of hydrogen-bond acceptors (Lipinski definition) is 6. The third kappa shape index (κ3) is 5.84. The quantitative estimate of drug-likeness (QED) is 0.430. The highest BCUT2D eigenvalue weighted by atomic mass is 19.4. The Morgan fingerprint density at radius 1 is 1.18 bits per heavy atom. The summed E-state index contributed by atoms with van der Waals surface area (Å²) < 4.78 is 46.3. The summed E-state index contributed by atoms with van der Waals surface area (Å²) in [5.41, 5.74) is 4.13. The molecule has 9 heteroatoms. The normalized spacial score (nSPS) is 17.2. The number of nitrogens with one attached hydrogen (secondary N) is 1. The zero-order valence-corrected chi connectivity index (χ0v) is 18.7. The number of aryl methyl sites for hydroxylation is 1. The molecule has 0 radical (unpaired) electrons. The predicted molar refractivity (Wildman–Crippen MR) is 120 cm³/mol. The summed E-state index contributed by atoms with van der Waals surface area (Å²) >= 11 is 0. The lowest BCUT2D eigenvalue weighted by Gasteiger charge is -2.11. The number of carbonyl (C=O) groups excluding carboxylic acids is 1. The molecular weight excluding hydrogens is 447 g/mol. The van der Waals surface area contributed by atoms with Crippen LogP contribution >= 0.6 is 0 Å². The molecule has 0 unspecified atom stereocenters. The first-order valence-corrected chi connectivity index (χ1v) is 10.9. The van der Waals surface area contributed by atoms with Gasteiger partial charge in [0.2, 0.25) is 0 Å². The van der Waals surface area contributed by atoms with Gasteiger partial charge in [0, 0.05) is 29.9 Å². The second-order valence-corrected chi connectivity index (χ2v) is 8.08. The number of esters is 1. The maximum Gasteiger partial charge on any atom is 0.573 e. The SMILES string of the molecule is CCOC(=O)[C@H]1C[C@@H]1c1nc(-c2ccc(NCc3cccc(OC(F)(F)F)c3)nc2)ccc1C. The molecule has 2 heterocycles. The first kappa shape index (κ1) is 23.5. The number of pyridine rings is 2. The van der Waals surface area contributed by atoms with E-state index in [-0.39, 0.29) is 30.1 Å². The first-order valence-electron chi connectivity index (χ1n) is 10.9. The molecule has 0 saturated heterocycles. The molecule has 1 N–H and O–H groups in total. The number of alkyl halides is 3. The van der Waals surface area contributed by atoms with Crippen LogP contribution in [0.1, 0.15) is 36.1 Å². The van der Waals surface area contributed by atoms with E-state index in [9.17, 15) is 18.0 Å². The minimum absolute atomic E-state index is 0.0741. The van der Waals surface area contributed by atoms with Crippen LogP contribution in [0.4, 0.5) is 19.0 Å². The van der Waals surface area contributed by atoms with Gasteiger partial charge in [-0.3, -0.25) is 9.78 Å². The standard InChI is InChI=1S/C25H24F3N3O3/c1-3-33-24(32)20-12-19(20)23-15(2)7-9-21(31-23)17-8-10-22(30-14-17)29-13-16-5-4-6-18(11-16)34-25(26,27)28/h4-11,14,19-20H,3,12-13H2,1-2H3,(H,29,30)/t19-,20-/m0/s1. The van der Waals surface area contributed by atoms with Crippen molar-refractivity contribution >= 4 is 11.8 Å². The van der Waals surface area contributed by atoms with E-state index in [1.807, 2.05) is 25.1 Å². The number of nitrogens with zero attached hydrogens (tertiary/aromatic N) is 2. The second kappa shape index (κ2) is 9.70. The zero-order valence-electron chi connectivity index (χ0n) is 18.7. The van der Waals surface area contributed by atoms with E-state index >= 15 is 0 Å². The van der Waals surface area contributed by atoms with E-state index in [1.165, 1.54) is 18.2 Å². The van der Waals surface area contributed by atoms with E-state index in [0.717, 1.165) is 28.9 Å². The number of rotatable bonds is 8. The molecule has 34 heavy (non-hydrogen) atoms. The van der Waals surface area contributed by atoms with Gasteiger partial charge >= 0.3 is 12.3 Å². The summed E-state index contributed by atoms with van der Waals surface area (Å²) in [7, 11) is 0. The van der Waals surface area contributed by atoms with Crippen molar-refractivity contribution in [2.24, 2.45) is 5.92 Å². The Hall–Kier alpha value is -3.62. The Morgan fingerprint density at radius 3 is 2.71 bits per heavy atom. The van der Waals surface area contributed by atoms with Crippen LogP contribution in [0.2, 0.25) is 0 Å². The molecule has 2 atom stereocenters. The third-order valence-corrected chi connectivity index (χ3v) is 5.53. The maximum atomic E-state index is 12.4. The highest BCUT2D eigenvalue weighted by Gasteiger charge is 2.46. The molecule has 0 bridgehead atoms. The summed E-state index contributed by atoms with van der Waals surface area (Å²) in [4.78, 5) is 21.2. The number of aromatic nitrogens is 2. The number of anilines is 1. The molecule has 3 aromatic rings. The van der Waals surface area contributed by atoms with Gasteiger partial charge in [0.1, 0.15) is 11.6 Å². The Morgan fingerprint density at radius 2 is 2.00 bits per heavy atom. The van der Waals surface area contributed by atoms with Gasteiger partial charge in [-0.1, -0.05) is 18.2 Å². The maximum absolute atomic E-state index is 12.4. The molecule has 178 valence electrons. The van der Waals surface area contributed by atoms with Crippen molar-refractivity contribution in [2.75, 3.05) is 11.9 Å². The molecule has 6 nitrogen and oxygen atoms in total. The van der Waals surface area contributed by atoms with Crippen molar-refractivity contribution in [1.82, 2.24) is 9.97 Å². The smallest absolute Gasteiger partial charge is 0.466 e. The molecule has 1 aliphatic carbocycles. The summed E-state index contributed by atoms with van der Waals surface area (Å²) in [6, 6.07) is 13.3. The van der Waals surface area contributed by atoms with Gasteiger partial charge in [0.05, 0.1) is 18.2 Å². The number of hydrogen-bond donors (Lipinski definition) is 1. The molecule has 0 spiro atoms. The molecule has 0 amide bonds. The van der Waals surface area contributed by atoms with Crippen LogP contribution in [0.25, 0.3) is 11.3 Å². The van der Waals surface area contributed by atoms with E-state index < -0.39 is 6.36 Å². The van der Waals surface area contributed by atoms with Crippen LogP contribution in [-0.4, -0.2) is 28.9 Å². The molecule has 1 fully saturated rings. The average Bonchev–Trinajstić information content (AvgIpc) is 3.59. The monoisotopic (exact) mass is 471 g/mol. The molecule has 1 aromatic carbocycles. The summed E-state index contributed by atoms with van der Waals surface area (Å²) in [5, 5.41) is 3.09. The van der Waals surface area contributed by atoms with Crippen LogP contribution < -0.4 is 10.1 Å². The van der Waals surface area contributed by atoms with E-state index in [2.05, 4.69) is 15.0 Å². The topological polar surface area (TPSA) is 73.3 Å². The van der Waals surface area contributed by atoms with Gasteiger partial charge in [0.25, 0.3) is 0 Å². The van der Waals surface area contributed by atoms with Crippen molar-refractivity contribution in [3.8, 4) is 17.0 Å². The van der Waals surface area contributed by atoms with Crippen LogP contribution in [0, 0.1) is 12.8 Å². The minimum atomic E-state index is -4.73. The summed E-state index contributed by atoms with van der Waals surface area (Å²) in [5.74, 6) is 0.0721. The third-order valence-electron chi connectivity index (χ3n) is 5.53. The Labute approximate surface area is 195 Å². The second-order valence-electron chi connectivity index (χ2n) is 8.08. The van der Waals surface area contributed by atoms with Gasteiger partial charge in [-0.2, -0.15) is 0 Å². The van der Waals surface area contributed by atoms with Gasteiger partial charge < -0.3 is 14.8 Å². The van der Waals surface area contributed by atoms with E-state index in [0.29, 0.717) is 18.0 Å². The molecule has 2 aromatic heterocycles. The van der Waals surface area contributed by atoms with E-state index in [4.69, 9.17) is 9.72 Å². The number of benzene rings is 1. The largest absolute Gasteiger partial charge is 0.573 e. The highest BCUT2D eigenvalue weighted by Crippen LogP contribution is 2.48. The van der Waals surface area contributed by atoms with Crippen LogP contribution in [0.15, 0.2) is 54.7 Å². The molecule has 4 rings (SSSR count). The van der Waals surface area contributed by atoms with Crippen LogP contribution in [-0.2, 0) is 16.1 Å². The van der Waals surface area contributed by atoms with Crippen molar-refractivity contribution < 1.29 is 27.4 Å². The summed E-state index contributed by atoms with van der Waals surface area (Å²) in [6.45, 7) is 4.43. The molecule has 1 saturated carbocycles. The Balaban J connectivity index is 1.41. The van der Waals surface area contributed by atoms with Gasteiger partial charge in [-0.25, -0.2) is 4.98 Å². The predicted octanol–water partition coefficient (Wildman–Crippen LogP) is 5.63. The fraction of sp³-hybridized carbons (Fsp3) is 0.320. The molecular formula is C25H24F3N3O3. The van der Waals surface area contributed by atoms with Crippen LogP contribution in [0.5, 0.6) is 5.75 Å². The van der Waals surface area contributed by atoms with Gasteiger partial charge in [0.15, 0.2) is 0 Å². The fourth-order valence-electron chi connectivity index (χ4n) is 3.78. The van der Waals surface area contributed by atoms with Crippen molar-refractivity contribution in [2.45, 2.75) is 39.1 Å². The van der Waals surface area contributed by atoms with E-state index in [1.54, 1.807) is 25.3 Å². The fourth-order valence-corrected chi connectivity index (χ4v) is 3.78. The first-order chi connectivity index (χ1) is 16.2. The lowest BCUT2D eigenvalue weighted by Crippen LogP contribution is -2.17. The molecule has 0 aliphatic heterocycles. The lowest BCUT2D eigenvalue weighted by atomic mass is 10.1. The van der Waals surface area contributed by atoms with Gasteiger partial charge in [-0.15, -0.1) is 13.2 Å². The number of ether oxygens (including phenoxy) is 2. The van der Waals surface area contributed by atoms with Crippen LogP contribution in [0.3, 0.4) is 0 Å². The number of halogens is 3. The van der Waals surface area contributed by atoms with Gasteiger partial charge in [-0.05, 0) is 61.7 Å². The highest BCUT2D eigenvalue weighted by molar-refractivity contribution is 5.77. The molecule has 1 aliphatic rings. The minimum Gasteiger partial charge on any atom is -0.466 e. The summed E-state index contributed by atoms with van der Waals surface area (Å²) in [6.07, 6.45) is -2.30. The average molecular weight is 471 g/mol. The Bertz CT molecular complexity index is 1170.